The molecule has 1 aliphatic heterocycles. The topological polar surface area (TPSA) is 37.8 Å². The van der Waals surface area contributed by atoms with Gasteiger partial charge in [-0.15, -0.1) is 22.0 Å². The van der Waals surface area contributed by atoms with E-state index in [4.69, 9.17) is 0 Å². The number of aromatic nitrogens is 2. The summed E-state index contributed by atoms with van der Waals surface area (Å²) in [5.41, 5.74) is 0. The lowest BCUT2D eigenvalue weighted by atomic mass is 10.1. The highest BCUT2D eigenvalue weighted by Crippen LogP contribution is 2.46. The summed E-state index contributed by atoms with van der Waals surface area (Å²) in [7, 11) is 0. The molecule has 0 bridgehead atoms. The lowest BCUT2D eigenvalue weighted by Gasteiger charge is -2.17. The molecule has 0 aromatic carbocycles. The van der Waals surface area contributed by atoms with E-state index in [1.54, 1.807) is 11.3 Å². The van der Waals surface area contributed by atoms with Gasteiger partial charge in [-0.05, 0) is 38.5 Å². The molecule has 1 aromatic rings. The fourth-order valence-corrected chi connectivity index (χ4v) is 4.23. The van der Waals surface area contributed by atoms with Crippen molar-refractivity contribution in [3.8, 4) is 0 Å². The Morgan fingerprint density at radius 2 is 2.31 bits per heavy atom. The third kappa shape index (κ3) is 2.76. The van der Waals surface area contributed by atoms with Crippen molar-refractivity contribution in [2.75, 3.05) is 12.3 Å². The minimum absolute atomic E-state index is 0.237. The molecule has 1 atom stereocenters. The molecule has 0 radical (unpaired) electrons. The van der Waals surface area contributed by atoms with Crippen LogP contribution in [0.4, 0.5) is 0 Å². The molecule has 0 amide bonds. The van der Waals surface area contributed by atoms with E-state index in [2.05, 4.69) is 29.4 Å². The molecule has 16 heavy (non-hydrogen) atoms. The Kier molecular flexibility index (Phi) is 4.21. The van der Waals surface area contributed by atoms with Crippen LogP contribution in [0.2, 0.25) is 0 Å². The highest BCUT2D eigenvalue weighted by molar-refractivity contribution is 8.00. The predicted molar refractivity (Wildman–Crippen MR) is 71.0 cm³/mol. The van der Waals surface area contributed by atoms with E-state index < -0.39 is 0 Å². The Hall–Kier alpha value is -0.130. The number of nitrogens with one attached hydrogen (secondary N) is 1. The van der Waals surface area contributed by atoms with Crippen LogP contribution in [0.1, 0.15) is 43.1 Å². The van der Waals surface area contributed by atoms with Gasteiger partial charge in [0, 0.05) is 6.54 Å². The molecule has 1 unspecified atom stereocenters. The normalized spacial score (nSPS) is 25.1. The summed E-state index contributed by atoms with van der Waals surface area (Å²) in [6, 6.07) is 0. The van der Waals surface area contributed by atoms with Crippen molar-refractivity contribution in [2.24, 2.45) is 0 Å². The van der Waals surface area contributed by atoms with Gasteiger partial charge < -0.3 is 5.32 Å². The Labute approximate surface area is 105 Å². The van der Waals surface area contributed by atoms with E-state index >= 15 is 0 Å². The molecule has 2 rings (SSSR count). The molecule has 1 aliphatic rings. The minimum Gasteiger partial charge on any atom is -0.310 e. The van der Waals surface area contributed by atoms with Gasteiger partial charge in [-0.1, -0.05) is 18.3 Å². The quantitative estimate of drug-likeness (QED) is 0.823. The largest absolute Gasteiger partial charge is 0.310 e. The standard InChI is InChI=1S/C11H19N3S2/c1-3-6-12-8-9-13-14-10(16-9)11(2)5-4-7-15-11/h12H,3-8H2,1-2H3. The van der Waals surface area contributed by atoms with Crippen LogP contribution in [-0.2, 0) is 11.3 Å². The van der Waals surface area contributed by atoms with Gasteiger partial charge in [0.2, 0.25) is 0 Å². The second kappa shape index (κ2) is 5.47. The third-order valence-corrected chi connectivity index (χ3v) is 5.68. The maximum absolute atomic E-state index is 4.36. The van der Waals surface area contributed by atoms with Crippen molar-refractivity contribution in [3.63, 3.8) is 0 Å². The van der Waals surface area contributed by atoms with E-state index in [-0.39, 0.29) is 4.75 Å². The SMILES string of the molecule is CCCNCc1nnc(C2(C)CCCS2)s1. The van der Waals surface area contributed by atoms with Crippen molar-refractivity contribution >= 4 is 23.1 Å². The van der Waals surface area contributed by atoms with Crippen LogP contribution in [-0.4, -0.2) is 22.5 Å². The molecule has 1 fully saturated rings. The predicted octanol–water partition coefficient (Wildman–Crippen LogP) is 2.78. The molecule has 0 saturated carbocycles. The van der Waals surface area contributed by atoms with Gasteiger partial charge in [0.25, 0.3) is 0 Å². The highest BCUT2D eigenvalue weighted by atomic mass is 32.2. The van der Waals surface area contributed by atoms with Crippen LogP contribution in [0.5, 0.6) is 0 Å². The van der Waals surface area contributed by atoms with Gasteiger partial charge in [-0.2, -0.15) is 0 Å². The summed E-state index contributed by atoms with van der Waals surface area (Å²) in [4.78, 5) is 0. The van der Waals surface area contributed by atoms with Crippen LogP contribution >= 0.6 is 23.1 Å². The lowest BCUT2D eigenvalue weighted by molar-refractivity contribution is 0.631. The number of thioether (sulfide) groups is 1. The van der Waals surface area contributed by atoms with E-state index in [1.165, 1.54) is 30.0 Å². The molecule has 90 valence electrons. The molecule has 5 heteroatoms. The molecule has 3 nitrogen and oxygen atoms in total. The zero-order chi connectivity index (χ0) is 11.4. The first kappa shape index (κ1) is 12.3. The first-order valence-corrected chi connectivity index (χ1v) is 7.72. The Morgan fingerprint density at radius 3 is 3.00 bits per heavy atom. The second-order valence-corrected chi connectivity index (χ2v) is 7.02. The Morgan fingerprint density at radius 1 is 1.44 bits per heavy atom. The average Bonchev–Trinajstić information content (AvgIpc) is 2.88. The van der Waals surface area contributed by atoms with Gasteiger partial charge in [-0.25, -0.2) is 0 Å². The second-order valence-electron chi connectivity index (χ2n) is 4.36. The Bertz CT molecular complexity index is 332. The summed E-state index contributed by atoms with van der Waals surface area (Å²) >= 11 is 3.80. The summed E-state index contributed by atoms with van der Waals surface area (Å²) in [5, 5.41) is 14.3. The number of hydrogen-bond donors (Lipinski definition) is 1. The maximum Gasteiger partial charge on any atom is 0.133 e. The maximum atomic E-state index is 4.36. The highest BCUT2D eigenvalue weighted by Gasteiger charge is 2.34. The fraction of sp³-hybridized carbons (Fsp3) is 0.818. The van der Waals surface area contributed by atoms with Crippen molar-refractivity contribution in [2.45, 2.75) is 44.4 Å². The Balaban J connectivity index is 1.96. The summed E-state index contributed by atoms with van der Waals surface area (Å²) in [6.45, 7) is 6.40. The summed E-state index contributed by atoms with van der Waals surface area (Å²) in [6.07, 6.45) is 3.72. The molecule has 0 aliphatic carbocycles. The van der Waals surface area contributed by atoms with Crippen molar-refractivity contribution < 1.29 is 0 Å². The van der Waals surface area contributed by atoms with E-state index in [1.807, 2.05) is 11.8 Å². The van der Waals surface area contributed by atoms with Crippen molar-refractivity contribution in [1.82, 2.24) is 15.5 Å². The van der Waals surface area contributed by atoms with Gasteiger partial charge in [0.15, 0.2) is 0 Å². The van der Waals surface area contributed by atoms with Gasteiger partial charge in [0.1, 0.15) is 10.0 Å². The average molecular weight is 257 g/mol. The first-order valence-electron chi connectivity index (χ1n) is 5.92. The first-order chi connectivity index (χ1) is 7.74. The fourth-order valence-electron chi connectivity index (χ4n) is 1.86. The van der Waals surface area contributed by atoms with Crippen LogP contribution < -0.4 is 5.32 Å². The van der Waals surface area contributed by atoms with E-state index in [0.717, 1.165) is 18.1 Å². The molecule has 1 aromatic heterocycles. The molecular formula is C11H19N3S2. The summed E-state index contributed by atoms with van der Waals surface area (Å²) in [5.74, 6) is 1.26. The number of rotatable bonds is 5. The third-order valence-electron chi connectivity index (χ3n) is 2.84. The zero-order valence-electron chi connectivity index (χ0n) is 9.95. The lowest BCUT2D eigenvalue weighted by Crippen LogP contribution is -2.13. The zero-order valence-corrected chi connectivity index (χ0v) is 11.6. The molecule has 0 spiro atoms. The smallest absolute Gasteiger partial charge is 0.133 e. The van der Waals surface area contributed by atoms with Gasteiger partial charge in [0.05, 0.1) is 4.75 Å². The van der Waals surface area contributed by atoms with E-state index in [0.29, 0.717) is 0 Å². The van der Waals surface area contributed by atoms with Crippen molar-refractivity contribution in [3.05, 3.63) is 10.0 Å². The molecule has 2 heterocycles. The summed E-state index contributed by atoms with van der Waals surface area (Å²) < 4.78 is 0.237. The minimum atomic E-state index is 0.237. The number of hydrogen-bond acceptors (Lipinski definition) is 5. The van der Waals surface area contributed by atoms with Crippen molar-refractivity contribution in [1.29, 1.82) is 0 Å². The van der Waals surface area contributed by atoms with Crippen LogP contribution in [0, 0.1) is 0 Å². The molecular weight excluding hydrogens is 238 g/mol. The van der Waals surface area contributed by atoms with Gasteiger partial charge in [-0.3, -0.25) is 0 Å². The van der Waals surface area contributed by atoms with Crippen LogP contribution in [0.25, 0.3) is 0 Å². The van der Waals surface area contributed by atoms with Gasteiger partial charge >= 0.3 is 0 Å². The number of nitrogens with zero attached hydrogens (tertiary/aromatic N) is 2. The van der Waals surface area contributed by atoms with E-state index in [9.17, 15) is 0 Å². The monoisotopic (exact) mass is 257 g/mol. The van der Waals surface area contributed by atoms with Crippen LogP contribution in [0.15, 0.2) is 0 Å². The molecule has 1 N–H and O–H groups in total. The molecule has 1 saturated heterocycles. The van der Waals surface area contributed by atoms with Crippen LogP contribution in [0.3, 0.4) is 0 Å².